The van der Waals surface area contributed by atoms with Crippen molar-refractivity contribution in [1.29, 1.82) is 0 Å². The highest BCUT2D eigenvalue weighted by Crippen LogP contribution is 2.75. The van der Waals surface area contributed by atoms with Crippen LogP contribution in [0.2, 0.25) is 0 Å². The van der Waals surface area contributed by atoms with Gasteiger partial charge in [-0.3, -0.25) is 4.79 Å². The van der Waals surface area contributed by atoms with Crippen LogP contribution in [0.4, 0.5) is 5.69 Å². The number of carbonyl (C=O) groups excluding carboxylic acids is 1. The SMILES string of the molecule is COC(=O)[C@H]1C[C@@]23CCC[N@@+]4(C)CC[C@@]5(c6ccccc6N[C@]15CC2)[C@@H]34. The number of methoxy groups -OCH3 is 1. The molecule has 4 heteroatoms. The van der Waals surface area contributed by atoms with Gasteiger partial charge in [-0.25, -0.2) is 0 Å². The van der Waals surface area contributed by atoms with Gasteiger partial charge in [0.05, 0.1) is 44.1 Å². The van der Waals surface area contributed by atoms with Crippen molar-refractivity contribution in [2.75, 3.05) is 32.6 Å². The standard InChI is InChI=1S/C22H29N2O2/c1-24-12-5-8-20-9-10-22(16(14-20)18(25)26-2)21(11-13-24,19(20)24)15-6-3-4-7-17(15)23-22/h3-4,6-7,16,19,23H,5,8-14H2,1-2H3/q+1/t16-,19-,20-,21-,22-,24+/m1/s1. The maximum atomic E-state index is 13.0. The molecule has 26 heavy (non-hydrogen) atoms. The summed E-state index contributed by atoms with van der Waals surface area (Å²) in [6.45, 7) is 2.55. The van der Waals surface area contributed by atoms with Gasteiger partial charge in [0.15, 0.2) is 0 Å². The van der Waals surface area contributed by atoms with Crippen LogP contribution in [-0.2, 0) is 14.9 Å². The molecule has 1 aromatic carbocycles. The normalized spacial score (nSPS) is 49.8. The number of nitrogens with one attached hydrogen (secondary N) is 1. The average molecular weight is 353 g/mol. The highest BCUT2D eigenvalue weighted by Gasteiger charge is 2.83. The van der Waals surface area contributed by atoms with Crippen LogP contribution < -0.4 is 5.32 Å². The second-order valence-corrected chi connectivity index (χ2v) is 9.94. The molecule has 7 rings (SSSR count). The summed E-state index contributed by atoms with van der Waals surface area (Å²) in [7, 11) is 4.07. The van der Waals surface area contributed by atoms with E-state index in [-0.39, 0.29) is 22.8 Å². The molecule has 0 unspecified atom stereocenters. The molecule has 138 valence electrons. The monoisotopic (exact) mass is 353 g/mol. The molecule has 1 aromatic rings. The predicted octanol–water partition coefficient (Wildman–Crippen LogP) is 3.07. The average Bonchev–Trinajstić information content (AvgIpc) is 3.15. The van der Waals surface area contributed by atoms with Gasteiger partial charge in [0, 0.05) is 17.5 Å². The third kappa shape index (κ3) is 1.38. The molecule has 2 saturated heterocycles. The molecule has 5 fully saturated rings. The van der Waals surface area contributed by atoms with Gasteiger partial charge in [-0.05, 0) is 43.7 Å². The molecule has 3 aliphatic heterocycles. The Morgan fingerprint density at radius 2 is 2.04 bits per heavy atom. The Morgan fingerprint density at radius 3 is 2.88 bits per heavy atom. The van der Waals surface area contributed by atoms with Crippen molar-refractivity contribution >= 4 is 11.7 Å². The second kappa shape index (κ2) is 4.46. The molecule has 6 aliphatic rings. The zero-order chi connectivity index (χ0) is 17.8. The van der Waals surface area contributed by atoms with Crippen LogP contribution in [0.25, 0.3) is 0 Å². The van der Waals surface area contributed by atoms with Gasteiger partial charge in [0.2, 0.25) is 0 Å². The predicted molar refractivity (Wildman–Crippen MR) is 99.8 cm³/mol. The largest absolute Gasteiger partial charge is 0.469 e. The van der Waals surface area contributed by atoms with Crippen molar-refractivity contribution in [1.82, 2.24) is 0 Å². The fraction of sp³-hybridized carbons (Fsp3) is 0.682. The third-order valence-corrected chi connectivity index (χ3v) is 9.30. The molecular weight excluding hydrogens is 324 g/mol. The summed E-state index contributed by atoms with van der Waals surface area (Å²) in [5, 5.41) is 3.96. The lowest BCUT2D eigenvalue weighted by Crippen LogP contribution is -2.79. The second-order valence-electron chi connectivity index (χ2n) is 9.94. The van der Waals surface area contributed by atoms with Crippen LogP contribution in [0.3, 0.4) is 0 Å². The number of hydrogen-bond acceptors (Lipinski definition) is 3. The summed E-state index contributed by atoms with van der Waals surface area (Å²) in [6.07, 6.45) is 7.19. The summed E-state index contributed by atoms with van der Waals surface area (Å²) in [5.41, 5.74) is 3.02. The van der Waals surface area contributed by atoms with Gasteiger partial charge in [-0.15, -0.1) is 0 Å². The Bertz CT molecular complexity index is 824. The van der Waals surface area contributed by atoms with E-state index in [0.717, 1.165) is 12.8 Å². The summed E-state index contributed by atoms with van der Waals surface area (Å²) in [6, 6.07) is 9.56. The van der Waals surface area contributed by atoms with Crippen molar-refractivity contribution in [3.05, 3.63) is 29.8 Å². The summed E-state index contributed by atoms with van der Waals surface area (Å²) in [5.74, 6) is -0.0107. The maximum Gasteiger partial charge on any atom is 0.311 e. The molecule has 3 saturated carbocycles. The number of piperidine rings is 1. The molecule has 3 heterocycles. The lowest BCUT2D eigenvalue weighted by atomic mass is 9.38. The number of quaternary nitrogens is 1. The molecule has 3 aliphatic carbocycles. The Morgan fingerprint density at radius 1 is 1.19 bits per heavy atom. The molecule has 3 spiro atoms. The van der Waals surface area contributed by atoms with Crippen molar-refractivity contribution in [2.24, 2.45) is 11.3 Å². The number of rotatable bonds is 1. The van der Waals surface area contributed by atoms with Gasteiger partial charge in [-0.1, -0.05) is 18.2 Å². The number of ether oxygens (including phenoxy) is 1. The highest BCUT2D eigenvalue weighted by molar-refractivity contribution is 5.80. The van der Waals surface area contributed by atoms with E-state index < -0.39 is 0 Å². The van der Waals surface area contributed by atoms with E-state index in [4.69, 9.17) is 4.74 Å². The van der Waals surface area contributed by atoms with E-state index in [0.29, 0.717) is 11.5 Å². The van der Waals surface area contributed by atoms with Crippen molar-refractivity contribution in [2.45, 2.75) is 55.5 Å². The number of fused-ring (bicyclic) bond motifs is 3. The van der Waals surface area contributed by atoms with E-state index in [1.807, 2.05) is 0 Å². The van der Waals surface area contributed by atoms with E-state index in [9.17, 15) is 4.79 Å². The number of benzene rings is 1. The zero-order valence-electron chi connectivity index (χ0n) is 15.9. The minimum atomic E-state index is -0.149. The summed E-state index contributed by atoms with van der Waals surface area (Å²) < 4.78 is 6.58. The van der Waals surface area contributed by atoms with Crippen LogP contribution >= 0.6 is 0 Å². The van der Waals surface area contributed by atoms with Gasteiger partial charge >= 0.3 is 5.97 Å². The minimum absolute atomic E-state index is 0.00822. The quantitative estimate of drug-likeness (QED) is 0.623. The first-order chi connectivity index (χ1) is 12.5. The molecule has 2 bridgehead atoms. The fourth-order valence-corrected chi connectivity index (χ4v) is 8.79. The summed E-state index contributed by atoms with van der Waals surface area (Å²) in [4.78, 5) is 13.0. The van der Waals surface area contributed by atoms with Crippen LogP contribution in [0.1, 0.15) is 44.1 Å². The van der Waals surface area contributed by atoms with E-state index >= 15 is 0 Å². The number of carbonyl (C=O) groups is 1. The molecule has 1 N–H and O–H groups in total. The van der Waals surface area contributed by atoms with Crippen molar-refractivity contribution in [3.63, 3.8) is 0 Å². The number of likely N-dealkylation sites (N-methyl/N-ethyl adjacent to an activating group) is 1. The summed E-state index contributed by atoms with van der Waals surface area (Å²) >= 11 is 0. The lowest BCUT2D eigenvalue weighted by molar-refractivity contribution is -0.939. The van der Waals surface area contributed by atoms with E-state index in [1.54, 1.807) is 7.11 Å². The number of nitrogens with zero attached hydrogens (tertiary/aromatic N) is 1. The van der Waals surface area contributed by atoms with E-state index in [1.165, 1.54) is 54.5 Å². The smallest absolute Gasteiger partial charge is 0.311 e. The first-order valence-electron chi connectivity index (χ1n) is 10.3. The van der Waals surface area contributed by atoms with Gasteiger partial charge in [0.25, 0.3) is 0 Å². The molecule has 0 amide bonds. The lowest BCUT2D eigenvalue weighted by Gasteiger charge is -2.68. The highest BCUT2D eigenvalue weighted by atomic mass is 16.5. The number of anilines is 1. The number of hydrogen-bond donors (Lipinski definition) is 1. The fourth-order valence-electron chi connectivity index (χ4n) is 8.79. The Labute approximate surface area is 155 Å². The van der Waals surface area contributed by atoms with E-state index in [2.05, 4.69) is 36.6 Å². The first kappa shape index (κ1) is 15.5. The third-order valence-electron chi connectivity index (χ3n) is 9.30. The molecule has 0 radical (unpaired) electrons. The first-order valence-corrected chi connectivity index (χ1v) is 10.3. The Balaban J connectivity index is 1.67. The van der Waals surface area contributed by atoms with Gasteiger partial charge in [0.1, 0.15) is 6.04 Å². The molecule has 0 aromatic heterocycles. The van der Waals surface area contributed by atoms with Crippen LogP contribution in [0.15, 0.2) is 24.3 Å². The Kier molecular flexibility index (Phi) is 2.66. The molecule has 4 nitrogen and oxygen atoms in total. The maximum absolute atomic E-state index is 13.0. The minimum Gasteiger partial charge on any atom is -0.469 e. The van der Waals surface area contributed by atoms with Crippen molar-refractivity contribution in [3.8, 4) is 0 Å². The van der Waals surface area contributed by atoms with Crippen LogP contribution in [-0.4, -0.2) is 49.3 Å². The Hall–Kier alpha value is -1.55. The van der Waals surface area contributed by atoms with Gasteiger partial charge < -0.3 is 14.5 Å². The van der Waals surface area contributed by atoms with Crippen molar-refractivity contribution < 1.29 is 14.0 Å². The topological polar surface area (TPSA) is 38.3 Å². The van der Waals surface area contributed by atoms with Crippen LogP contribution in [0, 0.1) is 11.3 Å². The molecular formula is C22H29N2O2+. The number of para-hydroxylation sites is 1. The zero-order valence-corrected chi connectivity index (χ0v) is 15.9. The number of esters is 1. The van der Waals surface area contributed by atoms with Crippen LogP contribution in [0.5, 0.6) is 0 Å². The van der Waals surface area contributed by atoms with Gasteiger partial charge in [-0.2, -0.15) is 0 Å². The molecule has 6 atom stereocenters.